The van der Waals surface area contributed by atoms with Crippen LogP contribution in [0.25, 0.3) is 11.1 Å². The summed E-state index contributed by atoms with van der Waals surface area (Å²) in [6, 6.07) is 6.63. The van der Waals surface area contributed by atoms with Crippen LogP contribution in [-0.2, 0) is 35.4 Å². The summed E-state index contributed by atoms with van der Waals surface area (Å²) < 4.78 is 24.1. The standard InChI is InChI=1S/C57H62Cl2N8O15S/c1-23(2)13-35(61-4)52(74)65-47-49(71)26-9-11-37(33(58)15-26)81-40-17-29-18-41(51(40)73)82-38-12-10-27(16-34(38)59)50(72)48-56(78)63-44(24(3)69)32-19-30(79-5)20-39(80-6)43(32)31-14-25(7-8-28(31)22-68)45(54(76)66-48)67-57(83)46(29)64-53(75)36(21-42(60)70)62-55(47)77/h7-12,14-20,23-24,35-36,44-50,61,68-69,71-73H,13,21-22H2,1-6H3,(H2,60,70)(H,62,77)(H,63,78)(H,64,75)(H,65,74)(H,66,76)(H,67,83). The van der Waals surface area contributed by atoms with Crippen molar-refractivity contribution in [2.24, 2.45) is 11.7 Å². The largest absolute Gasteiger partial charge is 0.502 e. The number of methoxy groups -OCH3 is 2. The van der Waals surface area contributed by atoms with Gasteiger partial charge >= 0.3 is 0 Å². The highest BCUT2D eigenvalue weighted by Gasteiger charge is 2.41. The first-order valence-corrected chi connectivity index (χ1v) is 27.2. The Hall–Kier alpha value is -7.81. The molecule has 440 valence electrons. The highest BCUT2D eigenvalue weighted by atomic mass is 35.5. The number of benzene rings is 5. The summed E-state index contributed by atoms with van der Waals surface area (Å²) in [5.74, 6) is -7.46. The van der Waals surface area contributed by atoms with Crippen LogP contribution in [0.15, 0.2) is 78.9 Å². The van der Waals surface area contributed by atoms with Crippen LogP contribution < -0.4 is 61.9 Å². The second-order valence-electron chi connectivity index (χ2n) is 20.5. The number of amides is 6. The number of rotatable bonds is 11. The van der Waals surface area contributed by atoms with Gasteiger partial charge in [0.15, 0.2) is 11.5 Å². The Kier molecular flexibility index (Phi) is 19.0. The monoisotopic (exact) mass is 1200 g/mol. The Morgan fingerprint density at radius 2 is 1.36 bits per heavy atom. The molecule has 6 amide bonds. The molecule has 10 rings (SSSR count). The summed E-state index contributed by atoms with van der Waals surface area (Å²) in [5, 5.41) is 77.4. The number of ether oxygens (including phenoxy) is 4. The number of nitrogens with one attached hydrogen (secondary N) is 7. The number of carbonyl (C=O) groups excluding carboxylic acids is 6. The Morgan fingerprint density at radius 3 is 1.92 bits per heavy atom. The van der Waals surface area contributed by atoms with Gasteiger partial charge in [0.05, 0.1) is 55.5 Å². The molecule has 0 spiro atoms. The van der Waals surface area contributed by atoms with Gasteiger partial charge in [-0.15, -0.1) is 0 Å². The highest BCUT2D eigenvalue weighted by Crippen LogP contribution is 2.47. The minimum atomic E-state index is -1.90. The summed E-state index contributed by atoms with van der Waals surface area (Å²) in [4.78, 5) is 86.2. The predicted octanol–water partition coefficient (Wildman–Crippen LogP) is 3.89. The van der Waals surface area contributed by atoms with Crippen LogP contribution in [0, 0.1) is 5.92 Å². The topological polar surface area (TPSA) is 351 Å². The van der Waals surface area contributed by atoms with Crippen molar-refractivity contribution in [3.05, 3.63) is 122 Å². The number of aromatic hydroxyl groups is 1. The lowest BCUT2D eigenvalue weighted by Crippen LogP contribution is -2.59. The first kappa shape index (κ1) is 61.3. The molecule has 0 fully saturated rings. The second-order valence-corrected chi connectivity index (χ2v) is 21.7. The molecule has 0 aliphatic carbocycles. The average molecular weight is 1200 g/mol. The Morgan fingerprint density at radius 1 is 0.735 bits per heavy atom. The minimum absolute atomic E-state index is 0.000670. The van der Waals surface area contributed by atoms with Gasteiger partial charge in [0.25, 0.3) is 0 Å². The third-order valence-electron chi connectivity index (χ3n) is 14.3. The zero-order valence-electron chi connectivity index (χ0n) is 45.5. The van der Waals surface area contributed by atoms with Crippen molar-refractivity contribution in [1.82, 2.24) is 37.2 Å². The van der Waals surface area contributed by atoms with Crippen molar-refractivity contribution in [3.8, 4) is 51.4 Å². The molecular formula is C57H62Cl2N8O15S. The van der Waals surface area contributed by atoms with E-state index in [2.05, 4.69) is 37.2 Å². The maximum atomic E-state index is 15.4. The number of aliphatic hydroxyl groups excluding tert-OH is 4. The number of hydrogen-bond donors (Lipinski definition) is 13. The van der Waals surface area contributed by atoms with Crippen LogP contribution in [-0.4, -0.2) is 118 Å². The van der Waals surface area contributed by atoms with E-state index < -0.39 is 126 Å². The van der Waals surface area contributed by atoms with Gasteiger partial charge in [0, 0.05) is 11.6 Å². The summed E-state index contributed by atoms with van der Waals surface area (Å²) in [5.41, 5.74) is 6.70. The van der Waals surface area contributed by atoms with Gasteiger partial charge in [-0.1, -0.05) is 73.5 Å². The summed E-state index contributed by atoms with van der Waals surface area (Å²) in [6.45, 7) is 4.58. The summed E-state index contributed by atoms with van der Waals surface area (Å²) >= 11 is 19.9. The van der Waals surface area contributed by atoms with Gasteiger partial charge < -0.3 is 87.4 Å². The van der Waals surface area contributed by atoms with E-state index in [9.17, 15) is 44.7 Å². The van der Waals surface area contributed by atoms with E-state index in [0.29, 0.717) is 6.42 Å². The summed E-state index contributed by atoms with van der Waals surface area (Å²) in [6.07, 6.45) is -5.71. The van der Waals surface area contributed by atoms with E-state index in [4.69, 9.17) is 60.1 Å². The Balaban J connectivity index is 1.38. The van der Waals surface area contributed by atoms with Gasteiger partial charge in [-0.05, 0) is 114 Å². The summed E-state index contributed by atoms with van der Waals surface area (Å²) in [7, 11) is 4.30. The quantitative estimate of drug-likeness (QED) is 0.0834. The van der Waals surface area contributed by atoms with Gasteiger partial charge in [0.1, 0.15) is 70.4 Å². The number of phenols is 1. The molecule has 5 aromatic rings. The van der Waals surface area contributed by atoms with Crippen LogP contribution in [0.1, 0.15) is 97.3 Å². The van der Waals surface area contributed by atoms with E-state index in [-0.39, 0.29) is 89.2 Å². The fraction of sp³-hybridized carbons (Fsp3) is 0.351. The molecule has 10 atom stereocenters. The number of halogens is 2. The van der Waals surface area contributed by atoms with E-state index in [1.165, 1.54) is 101 Å². The van der Waals surface area contributed by atoms with Gasteiger partial charge in [-0.2, -0.15) is 0 Å². The van der Waals surface area contributed by atoms with Crippen LogP contribution in [0.3, 0.4) is 0 Å². The maximum Gasteiger partial charge on any atom is 0.247 e. The smallest absolute Gasteiger partial charge is 0.247 e. The lowest BCUT2D eigenvalue weighted by Gasteiger charge is -2.33. The molecule has 83 heavy (non-hydrogen) atoms. The van der Waals surface area contributed by atoms with E-state index in [0.717, 1.165) is 0 Å². The first-order valence-electron chi connectivity index (χ1n) is 26.1. The number of aliphatic hydroxyl groups is 4. The van der Waals surface area contributed by atoms with Crippen molar-refractivity contribution >= 4 is 75.9 Å². The minimum Gasteiger partial charge on any atom is -0.502 e. The SMILES string of the molecule is CNC(CC(C)C)C(=O)NC1C(=O)NC(CC(N)=O)C(=O)NC2C(=S)NC3C(=O)NC(C(=O)NC(C(C)O)c4cc(OC)cc(OC)c4-c4cc3ccc4CO)C(O)c3ccc(c(Cl)c3)Oc3cc2cc(c3O)Oc2ccc(cc2Cl)C1O. The molecule has 0 radical (unpaired) electrons. The number of primary amides is 1. The predicted molar refractivity (Wildman–Crippen MR) is 306 cm³/mol. The molecule has 0 saturated carbocycles. The van der Waals surface area contributed by atoms with Crippen LogP contribution in [0.4, 0.5) is 0 Å². The van der Waals surface area contributed by atoms with Crippen LogP contribution in [0.2, 0.25) is 10.0 Å². The van der Waals surface area contributed by atoms with E-state index in [1.807, 2.05) is 13.8 Å². The number of carbonyl (C=O) groups is 6. The Bertz CT molecular complexity index is 3390. The number of nitrogens with two attached hydrogens (primary N) is 1. The lowest BCUT2D eigenvalue weighted by molar-refractivity contribution is -0.136. The number of hydrogen-bond acceptors (Lipinski definition) is 17. The number of likely N-dealkylation sites (N-methyl/N-ethyl adjacent to an activating group) is 1. The zero-order chi connectivity index (χ0) is 60.3. The lowest BCUT2D eigenvalue weighted by atomic mass is 9.86. The molecule has 14 N–H and O–H groups in total. The Labute approximate surface area is 491 Å². The average Bonchev–Trinajstić information content (AvgIpc) is 2.86. The van der Waals surface area contributed by atoms with Crippen molar-refractivity contribution in [3.63, 3.8) is 0 Å². The molecule has 11 bridgehead atoms. The number of thiocarbonyl (C=S) groups is 1. The normalized spacial score (nSPS) is 22.4. The number of phenolic OH excluding ortho intramolecular Hbond substituents is 1. The second kappa shape index (κ2) is 25.8. The first-order chi connectivity index (χ1) is 39.4. The highest BCUT2D eigenvalue weighted by molar-refractivity contribution is 7.80. The molecule has 0 aromatic heterocycles. The van der Waals surface area contributed by atoms with E-state index in [1.54, 1.807) is 6.07 Å². The molecule has 5 aromatic carbocycles. The molecule has 0 saturated heterocycles. The fourth-order valence-corrected chi connectivity index (χ4v) is 10.8. The molecule has 10 unspecified atom stereocenters. The maximum absolute atomic E-state index is 15.4. The van der Waals surface area contributed by atoms with Gasteiger partial charge in [-0.25, -0.2) is 0 Å². The molecular weight excluding hydrogens is 1140 g/mol. The van der Waals surface area contributed by atoms with Crippen molar-refractivity contribution < 1.29 is 73.2 Å². The van der Waals surface area contributed by atoms with E-state index >= 15 is 9.59 Å². The molecule has 5 aliphatic rings. The van der Waals surface area contributed by atoms with Crippen molar-refractivity contribution in [2.45, 2.75) is 101 Å². The molecule has 5 heterocycles. The molecule has 26 heteroatoms. The third-order valence-corrected chi connectivity index (χ3v) is 15.3. The molecule has 23 nitrogen and oxygen atoms in total. The van der Waals surface area contributed by atoms with Crippen LogP contribution >= 0.6 is 35.4 Å². The van der Waals surface area contributed by atoms with Crippen LogP contribution in [0.5, 0.6) is 40.2 Å². The molecule has 5 aliphatic heterocycles. The van der Waals surface area contributed by atoms with Crippen molar-refractivity contribution in [2.75, 3.05) is 21.3 Å². The van der Waals surface area contributed by atoms with Gasteiger partial charge in [-0.3, -0.25) is 28.8 Å². The third kappa shape index (κ3) is 13.2. The van der Waals surface area contributed by atoms with Gasteiger partial charge in [0.2, 0.25) is 41.2 Å². The fourth-order valence-electron chi connectivity index (χ4n) is 10.0. The van der Waals surface area contributed by atoms with Crippen molar-refractivity contribution in [1.29, 1.82) is 0 Å². The zero-order valence-corrected chi connectivity index (χ0v) is 47.9. The number of fused-ring (bicyclic) bond motifs is 15.